The fraction of sp³-hybridized carbons (Fsp3) is 0.917. The molecule has 3 nitrogen and oxygen atoms in total. The summed E-state index contributed by atoms with van der Waals surface area (Å²) in [5, 5.41) is 3.55. The zero-order chi connectivity index (χ0) is 11.3. The number of primary amides is 1. The number of carbonyl (C=O) groups excluding carboxylic acids is 1. The largest absolute Gasteiger partial charge is 0.370 e. The molecule has 3 atom stereocenters. The minimum absolute atomic E-state index is 0.193. The van der Waals surface area contributed by atoms with Crippen LogP contribution in [0, 0.1) is 11.8 Å². The van der Waals surface area contributed by atoms with E-state index in [1.807, 2.05) is 0 Å². The van der Waals surface area contributed by atoms with Gasteiger partial charge in [0, 0.05) is 12.5 Å². The lowest BCUT2D eigenvalue weighted by Gasteiger charge is -2.34. The van der Waals surface area contributed by atoms with Crippen LogP contribution < -0.4 is 11.1 Å². The van der Waals surface area contributed by atoms with Gasteiger partial charge in [-0.2, -0.15) is 0 Å². The molecule has 1 fully saturated rings. The molecule has 0 radical (unpaired) electrons. The molecule has 0 aromatic heterocycles. The number of hydrogen-bond acceptors (Lipinski definition) is 2. The number of rotatable bonds is 5. The minimum Gasteiger partial charge on any atom is -0.370 e. The second-order valence-corrected chi connectivity index (χ2v) is 4.90. The van der Waals surface area contributed by atoms with E-state index in [0.717, 1.165) is 24.8 Å². The van der Waals surface area contributed by atoms with Crippen molar-refractivity contribution in [3.05, 3.63) is 0 Å². The van der Waals surface area contributed by atoms with Crippen molar-refractivity contribution in [2.75, 3.05) is 6.54 Å². The highest BCUT2D eigenvalue weighted by Gasteiger charge is 2.26. The summed E-state index contributed by atoms with van der Waals surface area (Å²) in [7, 11) is 0. The number of carbonyl (C=O) groups is 1. The van der Waals surface area contributed by atoms with Gasteiger partial charge >= 0.3 is 0 Å². The van der Waals surface area contributed by atoms with Gasteiger partial charge in [-0.05, 0) is 31.2 Å². The van der Waals surface area contributed by atoms with Crippen molar-refractivity contribution in [3.63, 3.8) is 0 Å². The molecule has 1 saturated carbocycles. The first-order valence-corrected chi connectivity index (χ1v) is 6.13. The van der Waals surface area contributed by atoms with Gasteiger partial charge in [0.1, 0.15) is 0 Å². The first-order chi connectivity index (χ1) is 7.11. The Morgan fingerprint density at radius 1 is 1.40 bits per heavy atom. The first-order valence-electron chi connectivity index (χ1n) is 6.13. The van der Waals surface area contributed by atoms with Gasteiger partial charge < -0.3 is 11.1 Å². The normalized spacial score (nSPS) is 31.5. The molecule has 0 spiro atoms. The minimum atomic E-state index is -0.193. The van der Waals surface area contributed by atoms with E-state index < -0.39 is 0 Å². The van der Waals surface area contributed by atoms with Gasteiger partial charge in [-0.1, -0.05) is 26.7 Å². The second kappa shape index (κ2) is 6.11. The molecular weight excluding hydrogens is 188 g/mol. The topological polar surface area (TPSA) is 55.1 Å². The van der Waals surface area contributed by atoms with Crippen LogP contribution in [0.1, 0.15) is 46.0 Å². The fourth-order valence-electron chi connectivity index (χ4n) is 2.42. The van der Waals surface area contributed by atoms with Crippen LogP contribution in [0.3, 0.4) is 0 Å². The van der Waals surface area contributed by atoms with Crippen LogP contribution in [0.15, 0.2) is 0 Å². The van der Waals surface area contributed by atoms with Crippen molar-refractivity contribution in [2.45, 2.75) is 52.0 Å². The van der Waals surface area contributed by atoms with Crippen LogP contribution in [0.2, 0.25) is 0 Å². The molecule has 0 aromatic rings. The summed E-state index contributed by atoms with van der Waals surface area (Å²) in [6, 6.07) is 0.640. The van der Waals surface area contributed by atoms with Gasteiger partial charge in [-0.25, -0.2) is 0 Å². The molecular formula is C12H24N2O. The van der Waals surface area contributed by atoms with E-state index in [1.54, 1.807) is 0 Å². The summed E-state index contributed by atoms with van der Waals surface area (Å²) in [6.07, 6.45) is 5.35. The Bertz CT molecular complexity index is 206. The molecule has 15 heavy (non-hydrogen) atoms. The van der Waals surface area contributed by atoms with Crippen molar-refractivity contribution in [1.29, 1.82) is 0 Å². The molecule has 0 aliphatic heterocycles. The van der Waals surface area contributed by atoms with Crippen LogP contribution in [0.4, 0.5) is 0 Å². The van der Waals surface area contributed by atoms with Gasteiger partial charge in [-0.3, -0.25) is 4.79 Å². The van der Waals surface area contributed by atoms with E-state index in [0.29, 0.717) is 12.5 Å². The maximum Gasteiger partial charge on any atom is 0.217 e. The maximum absolute atomic E-state index is 10.6. The SMILES string of the molecule is CC1CCCC(NCCCC(N)=O)C1C. The zero-order valence-electron chi connectivity index (χ0n) is 9.96. The standard InChI is InChI=1S/C12H24N2O/c1-9-5-3-6-11(10(9)2)14-8-4-7-12(13)15/h9-11,14H,3-8H2,1-2H3,(H2,13,15). The Kier molecular flexibility index (Phi) is 5.09. The Balaban J connectivity index is 2.17. The zero-order valence-corrected chi connectivity index (χ0v) is 9.96. The molecule has 0 saturated heterocycles. The Hall–Kier alpha value is -0.570. The highest BCUT2D eigenvalue weighted by Crippen LogP contribution is 2.29. The Morgan fingerprint density at radius 3 is 2.80 bits per heavy atom. The molecule has 3 unspecified atom stereocenters. The van der Waals surface area contributed by atoms with Crippen LogP contribution in [-0.2, 0) is 4.79 Å². The monoisotopic (exact) mass is 212 g/mol. The molecule has 1 rings (SSSR count). The third-order valence-electron chi connectivity index (χ3n) is 3.71. The van der Waals surface area contributed by atoms with Gasteiger partial charge in [0.2, 0.25) is 5.91 Å². The van der Waals surface area contributed by atoms with E-state index in [1.165, 1.54) is 19.3 Å². The van der Waals surface area contributed by atoms with Crippen LogP contribution >= 0.6 is 0 Å². The van der Waals surface area contributed by atoms with Crippen molar-refractivity contribution >= 4 is 5.91 Å². The summed E-state index contributed by atoms with van der Waals surface area (Å²) >= 11 is 0. The summed E-state index contributed by atoms with van der Waals surface area (Å²) in [5.74, 6) is 1.39. The van der Waals surface area contributed by atoms with E-state index >= 15 is 0 Å². The highest BCUT2D eigenvalue weighted by atomic mass is 16.1. The van der Waals surface area contributed by atoms with Gasteiger partial charge in [-0.15, -0.1) is 0 Å². The second-order valence-electron chi connectivity index (χ2n) is 4.90. The van der Waals surface area contributed by atoms with Gasteiger partial charge in [0.25, 0.3) is 0 Å². The summed E-state index contributed by atoms with van der Waals surface area (Å²) in [6.45, 7) is 5.59. The molecule has 0 aromatic carbocycles. The highest BCUT2D eigenvalue weighted by molar-refractivity contribution is 5.73. The lowest BCUT2D eigenvalue weighted by Crippen LogP contribution is -2.41. The predicted octanol–water partition coefficient (Wildman–Crippen LogP) is 1.67. The lowest BCUT2D eigenvalue weighted by atomic mass is 9.78. The van der Waals surface area contributed by atoms with Crippen molar-refractivity contribution in [2.24, 2.45) is 17.6 Å². The molecule has 1 aliphatic carbocycles. The molecule has 0 heterocycles. The molecule has 88 valence electrons. The first kappa shape index (κ1) is 12.5. The summed E-state index contributed by atoms with van der Waals surface area (Å²) < 4.78 is 0. The van der Waals surface area contributed by atoms with Gasteiger partial charge in [0.05, 0.1) is 0 Å². The summed E-state index contributed by atoms with van der Waals surface area (Å²) in [4.78, 5) is 10.6. The Morgan fingerprint density at radius 2 is 2.13 bits per heavy atom. The van der Waals surface area contributed by atoms with E-state index in [-0.39, 0.29) is 5.91 Å². The smallest absolute Gasteiger partial charge is 0.217 e. The maximum atomic E-state index is 10.6. The number of nitrogens with two attached hydrogens (primary N) is 1. The number of amides is 1. The average Bonchev–Trinajstić information content (AvgIpc) is 2.18. The van der Waals surface area contributed by atoms with Crippen molar-refractivity contribution in [3.8, 4) is 0 Å². The third kappa shape index (κ3) is 4.20. The molecule has 1 amide bonds. The number of hydrogen-bond donors (Lipinski definition) is 2. The third-order valence-corrected chi connectivity index (χ3v) is 3.71. The molecule has 1 aliphatic rings. The van der Waals surface area contributed by atoms with E-state index in [4.69, 9.17) is 5.73 Å². The molecule has 3 heteroatoms. The van der Waals surface area contributed by atoms with E-state index in [9.17, 15) is 4.79 Å². The quantitative estimate of drug-likeness (QED) is 0.681. The summed E-state index contributed by atoms with van der Waals surface area (Å²) in [5.41, 5.74) is 5.09. The van der Waals surface area contributed by atoms with Gasteiger partial charge in [0.15, 0.2) is 0 Å². The van der Waals surface area contributed by atoms with Crippen molar-refractivity contribution in [1.82, 2.24) is 5.32 Å². The van der Waals surface area contributed by atoms with Crippen molar-refractivity contribution < 1.29 is 4.79 Å². The Labute approximate surface area is 92.8 Å². The number of nitrogens with one attached hydrogen (secondary N) is 1. The lowest BCUT2D eigenvalue weighted by molar-refractivity contribution is -0.118. The van der Waals surface area contributed by atoms with E-state index in [2.05, 4.69) is 19.2 Å². The molecule has 0 bridgehead atoms. The fourth-order valence-corrected chi connectivity index (χ4v) is 2.42. The predicted molar refractivity (Wildman–Crippen MR) is 62.4 cm³/mol. The van der Waals surface area contributed by atoms with Crippen LogP contribution in [0.25, 0.3) is 0 Å². The van der Waals surface area contributed by atoms with Crippen LogP contribution in [-0.4, -0.2) is 18.5 Å². The average molecular weight is 212 g/mol. The van der Waals surface area contributed by atoms with Crippen LogP contribution in [0.5, 0.6) is 0 Å². The molecule has 3 N–H and O–H groups in total.